The van der Waals surface area contributed by atoms with E-state index in [2.05, 4.69) is 4.76 Å². The predicted octanol–water partition coefficient (Wildman–Crippen LogP) is 2.38. The first-order valence-corrected chi connectivity index (χ1v) is 7.96. The average Bonchev–Trinajstić information content (AvgIpc) is 2.65. The van der Waals surface area contributed by atoms with Crippen molar-refractivity contribution < 1.29 is 18.7 Å². The van der Waals surface area contributed by atoms with Crippen molar-refractivity contribution in [2.24, 2.45) is 4.76 Å². The second kappa shape index (κ2) is 6.64. The molecule has 0 fully saturated rings. The summed E-state index contributed by atoms with van der Waals surface area (Å²) in [5, 5.41) is 10.7. The van der Waals surface area contributed by atoms with Crippen molar-refractivity contribution >= 4 is 30.4 Å². The van der Waals surface area contributed by atoms with Crippen LogP contribution < -0.4 is 3.98 Å². The second-order valence-electron chi connectivity index (χ2n) is 2.63. The fraction of sp³-hybridized carbons (Fsp3) is 0.625. The number of nitrogens with zero attached hydrogens (tertiary/aromatic N) is 1. The Labute approximate surface area is 102 Å². The van der Waals surface area contributed by atoms with Gasteiger partial charge in [0, 0.05) is 10.3 Å². The van der Waals surface area contributed by atoms with Crippen LogP contribution in [0.5, 0.6) is 0 Å². The molecule has 0 aromatic carbocycles. The van der Waals surface area contributed by atoms with E-state index in [4.69, 9.17) is 14.2 Å². The first kappa shape index (κ1) is 14.0. The van der Waals surface area contributed by atoms with Gasteiger partial charge in [0.25, 0.3) is 0 Å². The molecule has 1 rings (SSSR count). The van der Waals surface area contributed by atoms with Crippen molar-refractivity contribution in [1.29, 1.82) is 0 Å². The highest BCUT2D eigenvalue weighted by atomic mass is 32.2. The summed E-state index contributed by atoms with van der Waals surface area (Å²) in [7, 11) is -3.37. The van der Waals surface area contributed by atoms with Gasteiger partial charge in [-0.1, -0.05) is 0 Å². The van der Waals surface area contributed by atoms with Crippen molar-refractivity contribution in [3.05, 3.63) is 14.2 Å². The molecule has 1 N–H and O–H groups in total. The first-order chi connectivity index (χ1) is 7.63. The summed E-state index contributed by atoms with van der Waals surface area (Å²) in [5.74, 6) is 0. The molecule has 1 aromatic rings. The van der Waals surface area contributed by atoms with Crippen LogP contribution in [0.3, 0.4) is 0 Å². The van der Waals surface area contributed by atoms with Crippen LogP contribution in [0.4, 0.5) is 0 Å². The molecular weight excluding hydrogens is 269 g/mol. The lowest BCUT2D eigenvalue weighted by atomic mass is 10.6. The fourth-order valence-corrected chi connectivity index (χ4v) is 4.50. The first-order valence-electron chi connectivity index (χ1n) is 4.77. The Morgan fingerprint density at radius 2 is 2.06 bits per heavy atom. The molecule has 0 aliphatic carbocycles. The van der Waals surface area contributed by atoms with Crippen LogP contribution in [0.1, 0.15) is 18.7 Å². The Hall–Kier alpha value is -0.0400. The van der Waals surface area contributed by atoms with Crippen LogP contribution in [-0.4, -0.2) is 18.3 Å². The van der Waals surface area contributed by atoms with Crippen molar-refractivity contribution in [3.8, 4) is 0 Å². The van der Waals surface area contributed by atoms with Gasteiger partial charge in [0.05, 0.1) is 19.8 Å². The van der Waals surface area contributed by atoms with E-state index in [9.17, 15) is 4.57 Å². The molecule has 1 heterocycles. The minimum atomic E-state index is -3.37. The maximum absolute atomic E-state index is 12.0. The summed E-state index contributed by atoms with van der Waals surface area (Å²) in [5.41, 5.74) is 0. The third-order valence-electron chi connectivity index (χ3n) is 1.45. The predicted molar refractivity (Wildman–Crippen MR) is 64.5 cm³/mol. The minimum absolute atomic E-state index is 0.0374. The summed E-state index contributed by atoms with van der Waals surface area (Å²) in [4.78, 5) is 0.781. The topological polar surface area (TPSA) is 68.1 Å². The maximum Gasteiger partial charge on any atom is 0.455 e. The molecular formula is C8H14NO4PS2. The molecule has 0 spiro atoms. The van der Waals surface area contributed by atoms with Crippen molar-refractivity contribution in [2.45, 2.75) is 20.5 Å². The van der Waals surface area contributed by atoms with Gasteiger partial charge in [-0.3, -0.25) is 9.05 Å². The minimum Gasteiger partial charge on any atom is -0.391 e. The van der Waals surface area contributed by atoms with Gasteiger partial charge in [0.15, 0.2) is 3.98 Å². The van der Waals surface area contributed by atoms with Crippen LogP contribution >= 0.6 is 30.4 Å². The Balaban J connectivity index is 2.96. The van der Waals surface area contributed by atoms with Gasteiger partial charge in [-0.25, -0.2) is 4.57 Å². The number of hydrogen-bond acceptors (Lipinski definition) is 6. The molecule has 0 atom stereocenters. The quantitative estimate of drug-likeness (QED) is 0.814. The number of rotatable bonds is 6. The van der Waals surface area contributed by atoms with Gasteiger partial charge in [0.1, 0.15) is 0 Å². The maximum atomic E-state index is 12.0. The smallest absolute Gasteiger partial charge is 0.391 e. The van der Waals surface area contributed by atoms with Crippen LogP contribution in [0.15, 0.2) is 10.1 Å². The molecule has 0 amide bonds. The average molecular weight is 283 g/mol. The fourth-order valence-electron chi connectivity index (χ4n) is 0.911. The largest absolute Gasteiger partial charge is 0.455 e. The molecule has 0 saturated carbocycles. The summed E-state index contributed by atoms with van der Waals surface area (Å²) < 4.78 is 26.6. The monoisotopic (exact) mass is 283 g/mol. The van der Waals surface area contributed by atoms with Gasteiger partial charge in [-0.2, -0.15) is 4.76 Å². The van der Waals surface area contributed by atoms with E-state index >= 15 is 0 Å². The van der Waals surface area contributed by atoms with Crippen molar-refractivity contribution in [1.82, 2.24) is 0 Å². The van der Waals surface area contributed by atoms with E-state index in [0.29, 0.717) is 3.98 Å². The van der Waals surface area contributed by atoms with Gasteiger partial charge in [-0.05, 0) is 13.8 Å². The molecule has 0 aliphatic heterocycles. The molecule has 0 bridgehead atoms. The van der Waals surface area contributed by atoms with E-state index in [1.807, 2.05) is 0 Å². The summed E-state index contributed by atoms with van der Waals surface area (Å²) in [6.07, 6.45) is 0. The normalized spacial score (nSPS) is 13.3. The lowest BCUT2D eigenvalue weighted by Crippen LogP contribution is -1.97. The molecule has 0 saturated heterocycles. The van der Waals surface area contributed by atoms with Gasteiger partial charge in [0.2, 0.25) is 0 Å². The summed E-state index contributed by atoms with van der Waals surface area (Å²) in [6, 6.07) is 0. The standard InChI is InChI=1S/C8H14NO4PS2/c1-3-12-14(11,13-4-2)9-8-15-6-7(5-10)16-8/h6,10H,3-5H2,1-2H3/b9-8+. The summed E-state index contributed by atoms with van der Waals surface area (Å²) >= 11 is 2.59. The third kappa shape index (κ3) is 4.08. The molecule has 92 valence electrons. The third-order valence-corrected chi connectivity index (χ3v) is 5.50. The number of aliphatic hydroxyl groups excluding tert-OH is 1. The van der Waals surface area contributed by atoms with Crippen molar-refractivity contribution in [2.75, 3.05) is 13.2 Å². The van der Waals surface area contributed by atoms with Crippen LogP contribution in [0.2, 0.25) is 0 Å². The zero-order chi connectivity index (χ0) is 12.0. The Morgan fingerprint density at radius 3 is 2.50 bits per heavy atom. The van der Waals surface area contributed by atoms with Gasteiger partial charge >= 0.3 is 7.75 Å². The Bertz CT molecular complexity index is 418. The SMILES string of the molecule is CCOP(=O)(/N=c1\scc(CO)s1)OCC. The molecule has 0 radical (unpaired) electrons. The number of hydrogen-bond donors (Lipinski definition) is 1. The van der Waals surface area contributed by atoms with E-state index in [1.165, 1.54) is 22.7 Å². The van der Waals surface area contributed by atoms with E-state index in [0.717, 1.165) is 4.88 Å². The van der Waals surface area contributed by atoms with Gasteiger partial charge in [-0.15, -0.1) is 22.7 Å². The van der Waals surface area contributed by atoms with E-state index in [-0.39, 0.29) is 19.8 Å². The molecule has 16 heavy (non-hydrogen) atoms. The highest BCUT2D eigenvalue weighted by Crippen LogP contribution is 2.49. The van der Waals surface area contributed by atoms with Gasteiger partial charge < -0.3 is 5.11 Å². The van der Waals surface area contributed by atoms with Crippen LogP contribution in [0, 0.1) is 0 Å². The molecule has 0 unspecified atom stereocenters. The summed E-state index contributed by atoms with van der Waals surface area (Å²) in [6.45, 7) is 3.99. The molecule has 8 heteroatoms. The Morgan fingerprint density at radius 1 is 1.44 bits per heavy atom. The highest BCUT2D eigenvalue weighted by molar-refractivity contribution is 7.52. The number of aliphatic hydroxyl groups is 1. The van der Waals surface area contributed by atoms with Crippen LogP contribution in [0.25, 0.3) is 0 Å². The molecule has 0 aliphatic rings. The van der Waals surface area contributed by atoms with Crippen LogP contribution in [-0.2, 0) is 20.2 Å². The molecule has 5 nitrogen and oxygen atoms in total. The lowest BCUT2D eigenvalue weighted by Gasteiger charge is -2.09. The zero-order valence-electron chi connectivity index (χ0n) is 9.08. The lowest BCUT2D eigenvalue weighted by molar-refractivity contribution is 0.220. The van der Waals surface area contributed by atoms with E-state index in [1.54, 1.807) is 19.2 Å². The second-order valence-corrected chi connectivity index (χ2v) is 6.52. The Kier molecular flexibility index (Phi) is 5.82. The van der Waals surface area contributed by atoms with Crippen molar-refractivity contribution in [3.63, 3.8) is 0 Å². The highest BCUT2D eigenvalue weighted by Gasteiger charge is 2.22. The zero-order valence-corrected chi connectivity index (χ0v) is 11.6. The van der Waals surface area contributed by atoms with E-state index < -0.39 is 7.75 Å². The molecule has 1 aromatic heterocycles.